The number of benzene rings is 1. The van der Waals surface area contributed by atoms with Crippen LogP contribution in [0.1, 0.15) is 22.5 Å². The van der Waals surface area contributed by atoms with E-state index in [0.29, 0.717) is 5.56 Å². The third kappa shape index (κ3) is 3.48. The molecule has 0 saturated heterocycles. The van der Waals surface area contributed by atoms with Gasteiger partial charge in [0, 0.05) is 0 Å². The Morgan fingerprint density at radius 3 is 2.30 bits per heavy atom. The van der Waals surface area contributed by atoms with Gasteiger partial charge in [-0.3, -0.25) is 14.8 Å². The van der Waals surface area contributed by atoms with E-state index in [2.05, 4.69) is 5.10 Å². The van der Waals surface area contributed by atoms with Gasteiger partial charge in [0.05, 0.1) is 24.0 Å². The van der Waals surface area contributed by atoms with Gasteiger partial charge >= 0.3 is 11.9 Å². The molecule has 0 fully saturated rings. The monoisotopic (exact) mass is 324 g/mol. The first-order valence-corrected chi connectivity index (χ1v) is 6.47. The number of alkyl halides is 3. The van der Waals surface area contributed by atoms with Crippen LogP contribution in [0.25, 0.3) is 0 Å². The van der Waals surface area contributed by atoms with E-state index in [1.54, 1.807) is 24.3 Å². The Labute approximate surface area is 128 Å². The normalized spacial score (nSPS) is 11.3. The first-order chi connectivity index (χ1) is 10.7. The van der Waals surface area contributed by atoms with Gasteiger partial charge in [0.2, 0.25) is 5.69 Å². The van der Waals surface area contributed by atoms with Crippen LogP contribution in [0.15, 0.2) is 24.3 Å². The van der Waals surface area contributed by atoms with Gasteiger partial charge in [-0.1, -0.05) is 24.3 Å². The highest BCUT2D eigenvalue weighted by Crippen LogP contribution is 2.37. The van der Waals surface area contributed by atoms with Crippen molar-refractivity contribution in [1.82, 2.24) is 9.78 Å². The quantitative estimate of drug-likeness (QED) is 0.638. The predicted molar refractivity (Wildman–Crippen MR) is 73.5 cm³/mol. The van der Waals surface area contributed by atoms with E-state index in [0.717, 1.165) is 10.2 Å². The largest absolute Gasteiger partial charge is 0.442 e. The second-order valence-corrected chi connectivity index (χ2v) is 4.85. The van der Waals surface area contributed by atoms with Crippen LogP contribution >= 0.6 is 0 Å². The molecule has 23 heavy (non-hydrogen) atoms. The Kier molecular flexibility index (Phi) is 4.36. The predicted octanol–water partition coefficient (Wildman–Crippen LogP) is 3.23. The van der Waals surface area contributed by atoms with Crippen LogP contribution < -0.4 is 0 Å². The molecule has 0 aliphatic rings. The smallest absolute Gasteiger partial charge is 0.258 e. The molecule has 120 valence electrons. The zero-order valence-corrected chi connectivity index (χ0v) is 12.0. The molecule has 2 aromatic rings. The summed E-state index contributed by atoms with van der Waals surface area (Å²) in [4.78, 5) is 9.82. The zero-order chi connectivity index (χ0) is 17.2. The average Bonchev–Trinajstić information content (AvgIpc) is 2.79. The van der Waals surface area contributed by atoms with Crippen molar-refractivity contribution in [1.29, 1.82) is 5.26 Å². The van der Waals surface area contributed by atoms with Crippen molar-refractivity contribution in [3.05, 3.63) is 56.9 Å². The van der Waals surface area contributed by atoms with Gasteiger partial charge < -0.3 is 0 Å². The van der Waals surface area contributed by atoms with Gasteiger partial charge in [0.25, 0.3) is 0 Å². The minimum atomic E-state index is -4.89. The summed E-state index contributed by atoms with van der Waals surface area (Å²) >= 11 is 0. The molecule has 1 heterocycles. The molecule has 9 heteroatoms. The summed E-state index contributed by atoms with van der Waals surface area (Å²) in [5.41, 5.74) is -1.29. The van der Waals surface area contributed by atoms with Crippen LogP contribution in [0.2, 0.25) is 0 Å². The maximum atomic E-state index is 12.9. The molecule has 0 saturated carbocycles. The van der Waals surface area contributed by atoms with Crippen LogP contribution in [0, 0.1) is 28.4 Å². The lowest BCUT2D eigenvalue weighted by molar-refractivity contribution is -0.388. The fraction of sp³-hybridized carbons (Fsp3) is 0.286. The lowest BCUT2D eigenvalue weighted by Crippen LogP contribution is -2.10. The molecule has 0 amide bonds. The van der Waals surface area contributed by atoms with Crippen molar-refractivity contribution >= 4 is 5.69 Å². The fourth-order valence-corrected chi connectivity index (χ4v) is 2.13. The molecule has 0 bridgehead atoms. The Balaban J connectivity index is 2.37. The first kappa shape index (κ1) is 16.5. The summed E-state index contributed by atoms with van der Waals surface area (Å²) in [5, 5.41) is 22.8. The average molecular weight is 324 g/mol. The third-order valence-corrected chi connectivity index (χ3v) is 3.26. The summed E-state index contributed by atoms with van der Waals surface area (Å²) in [6.45, 7) is 1.19. The number of nitrogens with zero attached hydrogens (tertiary/aromatic N) is 4. The van der Waals surface area contributed by atoms with Gasteiger partial charge in [-0.25, -0.2) is 0 Å². The SMILES string of the molecule is Cc1c([N+](=O)[O-])c(C(F)(F)F)nn1Cc1ccc(CC#N)cc1. The molecule has 2 rings (SSSR count). The number of hydrogen-bond acceptors (Lipinski definition) is 4. The highest BCUT2D eigenvalue weighted by atomic mass is 19.4. The summed E-state index contributed by atoms with van der Waals surface area (Å²) in [6.07, 6.45) is -4.67. The molecule has 0 unspecified atom stereocenters. The van der Waals surface area contributed by atoms with Crippen molar-refractivity contribution in [2.45, 2.75) is 26.1 Å². The number of halogens is 3. The molecule has 0 spiro atoms. The van der Waals surface area contributed by atoms with Crippen LogP contribution in [0.3, 0.4) is 0 Å². The third-order valence-electron chi connectivity index (χ3n) is 3.26. The Morgan fingerprint density at radius 1 is 1.30 bits per heavy atom. The summed E-state index contributed by atoms with van der Waals surface area (Å²) in [7, 11) is 0. The van der Waals surface area contributed by atoms with E-state index in [9.17, 15) is 23.3 Å². The van der Waals surface area contributed by atoms with Gasteiger partial charge in [-0.05, 0) is 18.1 Å². The number of hydrogen-bond donors (Lipinski definition) is 0. The van der Waals surface area contributed by atoms with Crippen LogP contribution in [-0.2, 0) is 19.1 Å². The van der Waals surface area contributed by atoms with E-state index in [1.165, 1.54) is 6.92 Å². The van der Waals surface area contributed by atoms with Crippen molar-refractivity contribution in [2.24, 2.45) is 0 Å². The standard InChI is InChI=1S/C14H11F3N4O2/c1-9-12(21(22)23)13(14(15,16)17)19-20(9)8-11-4-2-10(3-5-11)6-7-18/h2-5H,6,8H2,1H3. The molecule has 0 radical (unpaired) electrons. The number of nitro groups is 1. The Hall–Kier alpha value is -2.89. The highest BCUT2D eigenvalue weighted by molar-refractivity contribution is 5.42. The van der Waals surface area contributed by atoms with Crippen molar-refractivity contribution < 1.29 is 18.1 Å². The number of aromatic nitrogens is 2. The molecule has 0 N–H and O–H groups in total. The van der Waals surface area contributed by atoms with Crippen LogP contribution in [0.5, 0.6) is 0 Å². The van der Waals surface area contributed by atoms with E-state index in [4.69, 9.17) is 5.26 Å². The van der Waals surface area contributed by atoms with Crippen molar-refractivity contribution in [3.8, 4) is 6.07 Å². The molecule has 1 aromatic heterocycles. The molecule has 0 aliphatic carbocycles. The zero-order valence-electron chi connectivity index (χ0n) is 12.0. The second kappa shape index (κ2) is 6.08. The summed E-state index contributed by atoms with van der Waals surface area (Å²) in [6, 6.07) is 8.63. The Morgan fingerprint density at radius 2 is 1.87 bits per heavy atom. The van der Waals surface area contributed by atoms with Crippen LogP contribution in [-0.4, -0.2) is 14.7 Å². The van der Waals surface area contributed by atoms with Crippen molar-refractivity contribution in [2.75, 3.05) is 0 Å². The first-order valence-electron chi connectivity index (χ1n) is 6.47. The molecule has 0 atom stereocenters. The van der Waals surface area contributed by atoms with E-state index < -0.39 is 22.5 Å². The number of nitriles is 1. The molecule has 1 aromatic carbocycles. The maximum Gasteiger partial charge on any atom is 0.442 e. The molecular formula is C14H11F3N4O2. The second-order valence-electron chi connectivity index (χ2n) is 4.85. The van der Waals surface area contributed by atoms with Crippen LogP contribution in [0.4, 0.5) is 18.9 Å². The van der Waals surface area contributed by atoms with E-state index in [-0.39, 0.29) is 18.7 Å². The van der Waals surface area contributed by atoms with Gasteiger partial charge in [0.15, 0.2) is 0 Å². The minimum Gasteiger partial charge on any atom is -0.258 e. The highest BCUT2D eigenvalue weighted by Gasteiger charge is 2.44. The molecule has 0 aliphatic heterocycles. The summed E-state index contributed by atoms with van der Waals surface area (Å²) in [5.74, 6) is 0. The van der Waals surface area contributed by atoms with Crippen molar-refractivity contribution in [3.63, 3.8) is 0 Å². The minimum absolute atomic E-state index is 0.0322. The topological polar surface area (TPSA) is 84.8 Å². The van der Waals surface area contributed by atoms with Gasteiger partial charge in [-0.2, -0.15) is 23.5 Å². The number of rotatable bonds is 4. The lowest BCUT2D eigenvalue weighted by Gasteiger charge is -2.05. The van der Waals surface area contributed by atoms with E-state index in [1.807, 2.05) is 6.07 Å². The van der Waals surface area contributed by atoms with Gasteiger partial charge in [-0.15, -0.1) is 0 Å². The maximum absolute atomic E-state index is 12.9. The molecule has 6 nitrogen and oxygen atoms in total. The lowest BCUT2D eigenvalue weighted by atomic mass is 10.1. The Bertz CT molecular complexity index is 773. The fourth-order valence-electron chi connectivity index (χ4n) is 2.13. The van der Waals surface area contributed by atoms with E-state index >= 15 is 0 Å². The summed E-state index contributed by atoms with van der Waals surface area (Å²) < 4.78 is 39.6. The molecular weight excluding hydrogens is 313 g/mol. The van der Waals surface area contributed by atoms with Gasteiger partial charge in [0.1, 0.15) is 5.69 Å².